The van der Waals surface area contributed by atoms with Gasteiger partial charge in [-0.25, -0.2) is 0 Å². The molecule has 10 rings (SSSR count). The number of hydrogen-bond donors (Lipinski definition) is 3. The number of aryl methyl sites for hydroxylation is 1. The van der Waals surface area contributed by atoms with Gasteiger partial charge in [0.25, 0.3) is 11.8 Å². The third-order valence-corrected chi connectivity index (χ3v) is 20.3. The van der Waals surface area contributed by atoms with Crippen molar-refractivity contribution in [3.63, 3.8) is 0 Å². The first-order chi connectivity index (χ1) is 54.8. The van der Waals surface area contributed by atoms with Crippen LogP contribution in [0, 0.1) is 24.7 Å². The number of amides is 7. The molecule has 7 amide bonds. The molecule has 29 nitrogen and oxygen atoms in total. The highest BCUT2D eigenvalue weighted by molar-refractivity contribution is 6.07. The van der Waals surface area contributed by atoms with Gasteiger partial charge in [-0.2, -0.15) is 0 Å². The fourth-order valence-corrected chi connectivity index (χ4v) is 13.7. The van der Waals surface area contributed by atoms with E-state index in [-0.39, 0.29) is 124 Å². The molecular formula is C85H116N10O19. The third kappa shape index (κ3) is 26.1. The van der Waals surface area contributed by atoms with E-state index in [1.54, 1.807) is 61.2 Å². The van der Waals surface area contributed by atoms with E-state index < -0.39 is 12.0 Å². The highest BCUT2D eigenvalue weighted by atomic mass is 16.6. The molecule has 0 aliphatic carbocycles. The van der Waals surface area contributed by atoms with Gasteiger partial charge in [-0.05, 0) is 103 Å². The average Bonchev–Trinajstić information content (AvgIpc) is 1.62. The molecule has 0 bridgehead atoms. The molecule has 0 saturated carbocycles. The van der Waals surface area contributed by atoms with E-state index in [0.717, 1.165) is 78.2 Å². The number of aliphatic imine (C=N–C) groups is 2. The van der Waals surface area contributed by atoms with Crippen molar-refractivity contribution >= 4 is 93.5 Å². The van der Waals surface area contributed by atoms with E-state index in [0.29, 0.717) is 171 Å². The smallest absolute Gasteiger partial charge is 0.260 e. The van der Waals surface area contributed by atoms with E-state index in [9.17, 15) is 38.4 Å². The Kier molecular flexibility index (Phi) is 35.5. The fraction of sp³-hybridized carbons (Fsp3) is 0.553. The van der Waals surface area contributed by atoms with Crippen molar-refractivity contribution in [1.82, 2.24) is 30.2 Å². The Morgan fingerprint density at radius 3 is 1.55 bits per heavy atom. The molecule has 29 heteroatoms. The topological polar surface area (TPSA) is 315 Å². The number of ketones is 1. The lowest BCUT2D eigenvalue weighted by molar-refractivity contribution is -0.139. The van der Waals surface area contributed by atoms with E-state index in [1.165, 1.54) is 5.69 Å². The molecule has 6 heterocycles. The number of rotatable bonds is 49. The first-order valence-corrected chi connectivity index (χ1v) is 39.6. The van der Waals surface area contributed by atoms with E-state index in [1.807, 2.05) is 63.7 Å². The second-order valence-corrected chi connectivity index (χ2v) is 29.2. The lowest BCUT2D eigenvalue weighted by Gasteiger charge is -2.34. The Morgan fingerprint density at radius 1 is 0.553 bits per heavy atom. The lowest BCUT2D eigenvalue weighted by Crippen LogP contribution is -2.45. The molecule has 2 fully saturated rings. The van der Waals surface area contributed by atoms with Gasteiger partial charge >= 0.3 is 0 Å². The van der Waals surface area contributed by atoms with Crippen LogP contribution < -0.4 is 35.1 Å². The van der Waals surface area contributed by atoms with Gasteiger partial charge in [0, 0.05) is 138 Å². The number of fused-ring (bicyclic) bond motifs is 4. The van der Waals surface area contributed by atoms with Crippen molar-refractivity contribution in [3.05, 3.63) is 113 Å². The molecule has 5 atom stereocenters. The van der Waals surface area contributed by atoms with Gasteiger partial charge in [0.2, 0.25) is 29.5 Å². The van der Waals surface area contributed by atoms with Gasteiger partial charge in [0.05, 0.1) is 167 Å². The number of ether oxygens (including phenoxy) is 11. The number of nitrogens with one attached hydrogen (secondary N) is 3. The molecule has 2 saturated heterocycles. The van der Waals surface area contributed by atoms with Gasteiger partial charge in [-0.3, -0.25) is 53.2 Å². The summed E-state index contributed by atoms with van der Waals surface area (Å²) in [7, 11) is 3.73. The number of Topliss-reactive ketones (excluding diaryl/α,β-unsaturated/α-hetero) is 1. The quantitative estimate of drug-likeness (QED) is 0.0274. The van der Waals surface area contributed by atoms with Crippen molar-refractivity contribution in [2.24, 2.45) is 27.7 Å². The van der Waals surface area contributed by atoms with E-state index in [2.05, 4.69) is 57.1 Å². The van der Waals surface area contributed by atoms with Crippen LogP contribution in [-0.2, 0) is 66.7 Å². The number of likely N-dealkylation sites (tertiary alicyclic amines) is 1. The van der Waals surface area contributed by atoms with Gasteiger partial charge < -0.3 is 87.7 Å². The van der Waals surface area contributed by atoms with Crippen molar-refractivity contribution in [3.8, 4) is 17.2 Å². The molecule has 2 unspecified atom stereocenters. The minimum Gasteiger partial charge on any atom is -0.493 e. The molecule has 6 aliphatic heterocycles. The van der Waals surface area contributed by atoms with Crippen LogP contribution in [0.3, 0.4) is 0 Å². The van der Waals surface area contributed by atoms with Crippen molar-refractivity contribution in [2.75, 3.05) is 183 Å². The maximum Gasteiger partial charge on any atom is 0.260 e. The number of benzene rings is 4. The summed E-state index contributed by atoms with van der Waals surface area (Å²) in [5, 5.41) is 8.48. The molecular weight excluding hydrogens is 1460 g/mol. The zero-order valence-corrected chi connectivity index (χ0v) is 66.4. The Hall–Kier alpha value is -9.30. The zero-order chi connectivity index (χ0) is 80.0. The second kappa shape index (κ2) is 45.7. The number of unbranched alkanes of at least 4 members (excludes halogenated alkanes) is 2. The molecule has 6 aliphatic rings. The van der Waals surface area contributed by atoms with Crippen LogP contribution in [-0.4, -0.2) is 270 Å². The molecule has 0 aromatic heterocycles. The highest BCUT2D eigenvalue weighted by Gasteiger charge is 2.38. The molecule has 3 N–H and O–H groups in total. The molecule has 4 aromatic rings. The molecule has 0 spiro atoms. The Morgan fingerprint density at radius 2 is 1.04 bits per heavy atom. The normalized spacial score (nSPS) is 17.7. The number of hydrogen-bond acceptors (Lipinski definition) is 23. The predicted molar refractivity (Wildman–Crippen MR) is 433 cm³/mol. The molecule has 620 valence electrons. The summed E-state index contributed by atoms with van der Waals surface area (Å²) >= 11 is 0. The van der Waals surface area contributed by atoms with Crippen LogP contribution in [0.2, 0.25) is 0 Å². The Balaban J connectivity index is 0.0000149. The maximum atomic E-state index is 14.2. The number of anilines is 2. The number of carbonyl (C=O) groups is 8. The van der Waals surface area contributed by atoms with Gasteiger partial charge in [0.15, 0.2) is 17.3 Å². The summed E-state index contributed by atoms with van der Waals surface area (Å²) in [5.41, 5.74) is 8.64. The van der Waals surface area contributed by atoms with E-state index >= 15 is 0 Å². The maximum absolute atomic E-state index is 14.2. The molecule has 4 aromatic carbocycles. The Labute approximate surface area is 669 Å². The summed E-state index contributed by atoms with van der Waals surface area (Å²) in [6.07, 6.45) is 11.3. The highest BCUT2D eigenvalue weighted by Crippen LogP contribution is 2.42. The summed E-state index contributed by atoms with van der Waals surface area (Å²) in [4.78, 5) is 123. The largest absolute Gasteiger partial charge is 0.493 e. The van der Waals surface area contributed by atoms with Gasteiger partial charge in [-0.15, -0.1) is 0 Å². The van der Waals surface area contributed by atoms with Crippen LogP contribution in [0.15, 0.2) is 95.2 Å². The summed E-state index contributed by atoms with van der Waals surface area (Å²) in [5.74, 6) is -1.48. The van der Waals surface area contributed by atoms with Crippen molar-refractivity contribution in [1.29, 1.82) is 0 Å². The number of carbonyl (C=O) groups excluding carboxylic acids is 8. The van der Waals surface area contributed by atoms with E-state index in [4.69, 9.17) is 62.1 Å². The monoisotopic (exact) mass is 1580 g/mol. The third-order valence-electron chi connectivity index (χ3n) is 20.3. The Bertz CT molecular complexity index is 3990. The number of nitrogens with zero attached hydrogens (tertiary/aromatic N) is 7. The fourth-order valence-electron chi connectivity index (χ4n) is 13.7. The summed E-state index contributed by atoms with van der Waals surface area (Å²) < 4.78 is 62.5. The number of methoxy groups -OCH3 is 1. The number of likely N-dealkylation sites (N-methyl/N-ethyl adjacent to an activating group) is 1. The van der Waals surface area contributed by atoms with Gasteiger partial charge in [-0.1, -0.05) is 59.4 Å². The first kappa shape index (κ1) is 88.6. The lowest BCUT2D eigenvalue weighted by atomic mass is 9.92. The molecule has 114 heavy (non-hydrogen) atoms. The van der Waals surface area contributed by atoms with Crippen LogP contribution in [0.4, 0.5) is 22.7 Å². The average molecular weight is 1580 g/mol. The van der Waals surface area contributed by atoms with Crippen LogP contribution in [0.5, 0.6) is 17.2 Å². The van der Waals surface area contributed by atoms with Crippen molar-refractivity contribution in [2.45, 2.75) is 118 Å². The second-order valence-electron chi connectivity index (χ2n) is 29.2. The minimum absolute atomic E-state index is 0. The van der Waals surface area contributed by atoms with Crippen molar-refractivity contribution < 1.29 is 90.5 Å². The SMILES string of the molecule is C.COc1cc2c(cc1OCCCCCOc1cc3c(cc1C)C(=O)N1C=C(c4ccc(NC(=O)[C@H](C)CC(=O)C(NC(=O)CCOCCOCCOCCOCCOCCOCCOCCOCCNC(=O)CCN5C(=O)CC(C)C5=O)C(C)C)cc4)C[C@H]1C=N3)N=C[C@@H]1CC(c3ccc(N4CCN(C)CC4)cc3)=CN1C2=O. The zero-order valence-electron chi connectivity index (χ0n) is 66.4. The summed E-state index contributed by atoms with van der Waals surface area (Å²) in [6.45, 7) is 20.2. The van der Waals surface area contributed by atoms with Gasteiger partial charge in [0.1, 0.15) is 5.75 Å². The summed E-state index contributed by atoms with van der Waals surface area (Å²) in [6, 6.07) is 22.0. The van der Waals surface area contributed by atoms with Crippen LogP contribution in [0.1, 0.15) is 130 Å². The van der Waals surface area contributed by atoms with Crippen LogP contribution in [0.25, 0.3) is 11.1 Å². The van der Waals surface area contributed by atoms with Crippen LogP contribution >= 0.6 is 0 Å². The number of imide groups is 1. The standard InChI is InChI=1S/C84H112N10O19.CH4/c1-57(2)80(89-78(97)20-29-104-31-33-106-35-37-108-39-41-110-43-44-111-42-40-109-38-36-107-34-32-105-30-21-85-77(96)19-22-92-79(98)47-60(5)82(92)100)73(95)46-59(4)81(99)88-65-15-11-61(12-16-65)63-48-67-53-86-71-51-74(58(3)45-69(71)83(101)93(67)55-63)112-27-9-8-10-28-113-76-52-72-70(50-75(76)103-7)84(102)94-56-64(49-68(94)54-87-72)62-13-17-66(18-14-62)91-25-23-90(6)24-26-91;/h11-18,45,50-57,59-60,67-68,80H,8-10,19-44,46-49H2,1-7H3,(H,85,96)(H,88,99)(H,89,97);1H4/t59-,60?,67+,68+,80?;/m1./s1. The molecule has 0 radical (unpaired) electrons. The first-order valence-electron chi connectivity index (χ1n) is 39.6. The number of piperazine rings is 1. The predicted octanol–water partition coefficient (Wildman–Crippen LogP) is 9.06. The minimum atomic E-state index is -0.782.